The van der Waals surface area contributed by atoms with E-state index in [4.69, 9.17) is 4.74 Å². The zero-order chi connectivity index (χ0) is 11.2. The second-order valence-electron chi connectivity index (χ2n) is 4.26. The van der Waals surface area contributed by atoms with Gasteiger partial charge in [0.05, 0.1) is 6.10 Å². The fraction of sp³-hybridized carbons (Fsp3) is 0.818. The van der Waals surface area contributed by atoms with Gasteiger partial charge in [-0.15, -0.1) is 0 Å². The van der Waals surface area contributed by atoms with Crippen molar-refractivity contribution in [2.75, 3.05) is 19.7 Å². The number of hydrogen-bond donors (Lipinski definition) is 1. The number of nitrogens with zero attached hydrogens (tertiary/aromatic N) is 3. The molecule has 1 saturated heterocycles. The highest BCUT2D eigenvalue weighted by Crippen LogP contribution is 2.14. The van der Waals surface area contributed by atoms with E-state index < -0.39 is 0 Å². The first kappa shape index (κ1) is 11.5. The topological polar surface area (TPSA) is 52.0 Å². The highest BCUT2D eigenvalue weighted by Gasteiger charge is 2.14. The molecule has 1 N–H and O–H groups in total. The Morgan fingerprint density at radius 1 is 1.56 bits per heavy atom. The van der Waals surface area contributed by atoms with Crippen LogP contribution in [0.3, 0.4) is 0 Å². The molecule has 16 heavy (non-hydrogen) atoms. The van der Waals surface area contributed by atoms with Crippen molar-refractivity contribution in [3.05, 3.63) is 12.2 Å². The van der Waals surface area contributed by atoms with Crippen LogP contribution < -0.4 is 5.32 Å². The summed E-state index contributed by atoms with van der Waals surface area (Å²) < 4.78 is 7.29. The molecule has 0 amide bonds. The van der Waals surface area contributed by atoms with Gasteiger partial charge >= 0.3 is 0 Å². The smallest absolute Gasteiger partial charge is 0.151 e. The Morgan fingerprint density at radius 3 is 3.19 bits per heavy atom. The molecule has 2 heterocycles. The lowest BCUT2D eigenvalue weighted by atomic mass is 10.2. The van der Waals surface area contributed by atoms with Gasteiger partial charge in [0.1, 0.15) is 6.33 Å². The quantitative estimate of drug-likeness (QED) is 0.716. The molecule has 0 aliphatic carbocycles. The van der Waals surface area contributed by atoms with E-state index >= 15 is 0 Å². The van der Waals surface area contributed by atoms with Gasteiger partial charge in [0, 0.05) is 26.6 Å². The third-order valence-corrected chi connectivity index (χ3v) is 2.84. The molecule has 1 atom stereocenters. The van der Waals surface area contributed by atoms with Gasteiger partial charge in [-0.1, -0.05) is 0 Å². The van der Waals surface area contributed by atoms with Crippen molar-refractivity contribution >= 4 is 0 Å². The Labute approximate surface area is 96.2 Å². The largest absolute Gasteiger partial charge is 0.378 e. The predicted octanol–water partition coefficient (Wildman–Crippen LogP) is 0.516. The van der Waals surface area contributed by atoms with Crippen LogP contribution in [-0.4, -0.2) is 40.6 Å². The Morgan fingerprint density at radius 2 is 2.50 bits per heavy atom. The lowest BCUT2D eigenvalue weighted by Gasteiger charge is -2.09. The zero-order valence-corrected chi connectivity index (χ0v) is 9.85. The fourth-order valence-corrected chi connectivity index (χ4v) is 1.96. The first-order valence-corrected chi connectivity index (χ1v) is 6.01. The van der Waals surface area contributed by atoms with E-state index in [1.54, 1.807) is 11.0 Å². The summed E-state index contributed by atoms with van der Waals surface area (Å²) in [6, 6.07) is 0. The summed E-state index contributed by atoms with van der Waals surface area (Å²) >= 11 is 0. The summed E-state index contributed by atoms with van der Waals surface area (Å²) in [6.45, 7) is 2.91. The van der Waals surface area contributed by atoms with Gasteiger partial charge in [0.25, 0.3) is 0 Å². The first-order chi connectivity index (χ1) is 7.84. The zero-order valence-electron chi connectivity index (χ0n) is 9.85. The lowest BCUT2D eigenvalue weighted by Crippen LogP contribution is -2.22. The molecule has 2 rings (SSSR count). The van der Waals surface area contributed by atoms with E-state index in [-0.39, 0.29) is 0 Å². The van der Waals surface area contributed by atoms with Crippen LogP contribution >= 0.6 is 0 Å². The van der Waals surface area contributed by atoms with Crippen molar-refractivity contribution in [2.24, 2.45) is 7.05 Å². The summed E-state index contributed by atoms with van der Waals surface area (Å²) in [7, 11) is 1.89. The number of hydrogen-bond acceptors (Lipinski definition) is 4. The summed E-state index contributed by atoms with van der Waals surface area (Å²) in [5, 5.41) is 7.63. The van der Waals surface area contributed by atoms with Gasteiger partial charge in [-0.2, -0.15) is 5.10 Å². The van der Waals surface area contributed by atoms with Crippen LogP contribution in [0, 0.1) is 0 Å². The highest BCUT2D eigenvalue weighted by molar-refractivity contribution is 4.81. The molecule has 1 aliphatic rings. The second kappa shape index (κ2) is 5.96. The van der Waals surface area contributed by atoms with Crippen molar-refractivity contribution < 1.29 is 4.74 Å². The maximum absolute atomic E-state index is 5.55. The molecule has 0 spiro atoms. The SMILES string of the molecule is Cn1cnc(CCNCCC2CCCO2)n1. The summed E-state index contributed by atoms with van der Waals surface area (Å²) in [4.78, 5) is 4.18. The molecule has 5 heteroatoms. The number of aryl methyl sites for hydroxylation is 1. The molecule has 0 saturated carbocycles. The molecular weight excluding hydrogens is 204 g/mol. The van der Waals surface area contributed by atoms with Crippen LogP contribution in [0.5, 0.6) is 0 Å². The molecule has 1 aromatic rings. The molecule has 1 aliphatic heterocycles. The Balaban J connectivity index is 1.51. The van der Waals surface area contributed by atoms with Crippen LogP contribution in [0.2, 0.25) is 0 Å². The highest BCUT2D eigenvalue weighted by atomic mass is 16.5. The molecule has 0 radical (unpaired) electrons. The van der Waals surface area contributed by atoms with Gasteiger partial charge in [-0.3, -0.25) is 4.68 Å². The van der Waals surface area contributed by atoms with Crippen molar-refractivity contribution in [1.82, 2.24) is 20.1 Å². The van der Waals surface area contributed by atoms with Crippen LogP contribution in [0.1, 0.15) is 25.1 Å². The summed E-state index contributed by atoms with van der Waals surface area (Å²) in [5.74, 6) is 0.909. The van der Waals surface area contributed by atoms with Gasteiger partial charge < -0.3 is 10.1 Å². The van der Waals surface area contributed by atoms with Crippen molar-refractivity contribution in [3.8, 4) is 0 Å². The monoisotopic (exact) mass is 224 g/mol. The number of ether oxygens (including phenoxy) is 1. The normalized spacial score (nSPS) is 20.4. The van der Waals surface area contributed by atoms with Gasteiger partial charge in [0.15, 0.2) is 5.82 Å². The van der Waals surface area contributed by atoms with Crippen LogP contribution in [0.15, 0.2) is 6.33 Å². The molecule has 1 fully saturated rings. The molecule has 5 nitrogen and oxygen atoms in total. The molecule has 90 valence electrons. The predicted molar refractivity (Wildman–Crippen MR) is 61.2 cm³/mol. The standard InChI is InChI=1S/C11H20N4O/c1-15-9-13-11(14-15)5-7-12-6-4-10-3-2-8-16-10/h9-10,12H,2-8H2,1H3. The van der Waals surface area contributed by atoms with E-state index in [0.717, 1.165) is 38.4 Å². The van der Waals surface area contributed by atoms with Crippen LogP contribution in [0.4, 0.5) is 0 Å². The van der Waals surface area contributed by atoms with E-state index in [2.05, 4.69) is 15.4 Å². The average Bonchev–Trinajstić information content (AvgIpc) is 2.89. The van der Waals surface area contributed by atoms with E-state index in [1.807, 2.05) is 7.05 Å². The number of rotatable bonds is 6. The van der Waals surface area contributed by atoms with Gasteiger partial charge in [0.2, 0.25) is 0 Å². The molecule has 0 aromatic carbocycles. The summed E-state index contributed by atoms with van der Waals surface area (Å²) in [6.07, 6.45) is 6.69. The minimum Gasteiger partial charge on any atom is -0.378 e. The Kier molecular flexibility index (Phi) is 4.30. The van der Waals surface area contributed by atoms with Crippen molar-refractivity contribution in [2.45, 2.75) is 31.8 Å². The number of nitrogens with one attached hydrogen (secondary N) is 1. The van der Waals surface area contributed by atoms with E-state index in [9.17, 15) is 0 Å². The third kappa shape index (κ3) is 3.57. The Bertz CT molecular complexity index is 307. The van der Waals surface area contributed by atoms with E-state index in [1.165, 1.54) is 12.8 Å². The van der Waals surface area contributed by atoms with Gasteiger partial charge in [-0.05, 0) is 25.8 Å². The molecular formula is C11H20N4O. The fourth-order valence-electron chi connectivity index (χ4n) is 1.96. The average molecular weight is 224 g/mol. The van der Waals surface area contributed by atoms with Crippen LogP contribution in [0.25, 0.3) is 0 Å². The lowest BCUT2D eigenvalue weighted by molar-refractivity contribution is 0.104. The summed E-state index contributed by atoms with van der Waals surface area (Å²) in [5.41, 5.74) is 0. The van der Waals surface area contributed by atoms with Crippen molar-refractivity contribution in [3.63, 3.8) is 0 Å². The maximum Gasteiger partial charge on any atom is 0.151 e. The Hall–Kier alpha value is -0.940. The molecule has 1 aromatic heterocycles. The van der Waals surface area contributed by atoms with Gasteiger partial charge in [-0.25, -0.2) is 4.98 Å². The van der Waals surface area contributed by atoms with E-state index in [0.29, 0.717) is 6.10 Å². The third-order valence-electron chi connectivity index (χ3n) is 2.84. The first-order valence-electron chi connectivity index (χ1n) is 6.01. The van der Waals surface area contributed by atoms with Crippen LogP contribution in [-0.2, 0) is 18.2 Å². The van der Waals surface area contributed by atoms with Crippen molar-refractivity contribution in [1.29, 1.82) is 0 Å². The maximum atomic E-state index is 5.55. The molecule has 0 bridgehead atoms. The minimum atomic E-state index is 0.487. The minimum absolute atomic E-state index is 0.487. The number of aromatic nitrogens is 3. The second-order valence-corrected chi connectivity index (χ2v) is 4.26. The molecule has 1 unspecified atom stereocenters.